The molecular formula is C12H17N5O2. The minimum Gasteiger partial charge on any atom is -0.378 e. The van der Waals surface area contributed by atoms with E-state index in [1.54, 1.807) is 13.2 Å². The predicted molar refractivity (Wildman–Crippen MR) is 70.4 cm³/mol. The Bertz CT molecular complexity index is 627. The number of hydrogen-bond acceptors (Lipinski definition) is 5. The molecule has 0 spiro atoms. The van der Waals surface area contributed by atoms with Crippen LogP contribution in [-0.2, 0) is 11.3 Å². The normalized spacial score (nSPS) is 16.2. The van der Waals surface area contributed by atoms with E-state index >= 15 is 0 Å². The minimum absolute atomic E-state index is 0.243. The molecule has 0 aromatic carbocycles. The third-order valence-electron chi connectivity index (χ3n) is 3.37. The second kappa shape index (κ2) is 5.00. The number of ether oxygens (including phenoxy) is 1. The van der Waals surface area contributed by atoms with Crippen LogP contribution in [0.2, 0.25) is 0 Å². The molecule has 102 valence electrons. The summed E-state index contributed by atoms with van der Waals surface area (Å²) in [6, 6.07) is 1.77. The van der Waals surface area contributed by atoms with Crippen LogP contribution in [0.4, 0.5) is 5.95 Å². The molecule has 2 aromatic heterocycles. The van der Waals surface area contributed by atoms with E-state index in [-0.39, 0.29) is 5.69 Å². The minimum atomic E-state index is -0.243. The molecule has 1 aliphatic rings. The first-order chi connectivity index (χ1) is 9.29. The van der Waals surface area contributed by atoms with Crippen molar-refractivity contribution in [2.45, 2.75) is 25.9 Å². The highest BCUT2D eigenvalue weighted by Gasteiger charge is 2.18. The van der Waals surface area contributed by atoms with Crippen molar-refractivity contribution in [3.05, 3.63) is 22.2 Å². The van der Waals surface area contributed by atoms with Crippen molar-refractivity contribution in [3.8, 4) is 0 Å². The van der Waals surface area contributed by atoms with Crippen LogP contribution < -0.4 is 10.6 Å². The maximum absolute atomic E-state index is 11.9. The van der Waals surface area contributed by atoms with E-state index < -0.39 is 0 Å². The Balaban J connectivity index is 2.12. The van der Waals surface area contributed by atoms with Gasteiger partial charge in [-0.05, 0) is 19.3 Å². The van der Waals surface area contributed by atoms with Crippen molar-refractivity contribution >= 4 is 11.6 Å². The summed E-state index contributed by atoms with van der Waals surface area (Å²) in [6.45, 7) is 2.27. The summed E-state index contributed by atoms with van der Waals surface area (Å²) in [4.78, 5) is 18.6. The van der Waals surface area contributed by atoms with Gasteiger partial charge in [-0.25, -0.2) is 19.3 Å². The lowest BCUT2D eigenvalue weighted by Crippen LogP contribution is -2.33. The largest absolute Gasteiger partial charge is 0.378 e. The molecule has 2 aromatic rings. The van der Waals surface area contributed by atoms with Gasteiger partial charge in [-0.15, -0.1) is 0 Å². The fourth-order valence-corrected chi connectivity index (χ4v) is 2.49. The Hall–Kier alpha value is -1.89. The SMILES string of the molecule is COCc1cc2n[nH]c(=O)n2c(N2CCCCC2)n1. The van der Waals surface area contributed by atoms with Gasteiger partial charge in [-0.1, -0.05) is 0 Å². The first kappa shape index (κ1) is 12.2. The van der Waals surface area contributed by atoms with E-state index in [0.717, 1.165) is 31.6 Å². The van der Waals surface area contributed by atoms with Gasteiger partial charge in [0.1, 0.15) is 0 Å². The van der Waals surface area contributed by atoms with E-state index in [1.165, 1.54) is 10.8 Å². The highest BCUT2D eigenvalue weighted by molar-refractivity contribution is 5.47. The molecule has 1 saturated heterocycles. The number of nitrogens with one attached hydrogen (secondary N) is 1. The molecule has 0 radical (unpaired) electrons. The van der Waals surface area contributed by atoms with Crippen LogP contribution in [0.15, 0.2) is 10.9 Å². The fourth-order valence-electron chi connectivity index (χ4n) is 2.49. The summed E-state index contributed by atoms with van der Waals surface area (Å²) < 4.78 is 6.65. The molecule has 3 heterocycles. The van der Waals surface area contributed by atoms with Crippen LogP contribution >= 0.6 is 0 Å². The van der Waals surface area contributed by atoms with Crippen LogP contribution in [0.3, 0.4) is 0 Å². The summed E-state index contributed by atoms with van der Waals surface area (Å²) in [5, 5.41) is 6.50. The number of nitrogens with zero attached hydrogens (tertiary/aromatic N) is 4. The van der Waals surface area contributed by atoms with Crippen molar-refractivity contribution in [3.63, 3.8) is 0 Å². The molecule has 0 bridgehead atoms. The van der Waals surface area contributed by atoms with Gasteiger partial charge in [0, 0.05) is 26.3 Å². The highest BCUT2D eigenvalue weighted by Crippen LogP contribution is 2.18. The highest BCUT2D eigenvalue weighted by atomic mass is 16.5. The number of H-pyrrole nitrogens is 1. The second-order valence-electron chi connectivity index (χ2n) is 4.75. The molecule has 7 heteroatoms. The first-order valence-corrected chi connectivity index (χ1v) is 6.50. The Kier molecular flexibility index (Phi) is 3.20. The second-order valence-corrected chi connectivity index (χ2v) is 4.75. The molecule has 0 amide bonds. The van der Waals surface area contributed by atoms with Crippen molar-refractivity contribution in [1.29, 1.82) is 0 Å². The number of anilines is 1. The van der Waals surface area contributed by atoms with E-state index in [9.17, 15) is 4.79 Å². The van der Waals surface area contributed by atoms with Crippen molar-refractivity contribution in [2.24, 2.45) is 0 Å². The molecule has 19 heavy (non-hydrogen) atoms. The zero-order chi connectivity index (χ0) is 13.2. The van der Waals surface area contributed by atoms with Crippen LogP contribution in [-0.4, -0.2) is 39.8 Å². The summed E-state index contributed by atoms with van der Waals surface area (Å²) in [6.07, 6.45) is 3.49. The maximum atomic E-state index is 11.9. The Labute approximate surface area is 110 Å². The molecule has 1 aliphatic heterocycles. The van der Waals surface area contributed by atoms with Gasteiger partial charge < -0.3 is 9.64 Å². The number of aromatic nitrogens is 4. The maximum Gasteiger partial charge on any atom is 0.350 e. The Morgan fingerprint density at radius 2 is 2.16 bits per heavy atom. The molecule has 0 unspecified atom stereocenters. The fraction of sp³-hybridized carbons (Fsp3) is 0.583. The van der Waals surface area contributed by atoms with Gasteiger partial charge in [-0.3, -0.25) is 0 Å². The molecule has 1 fully saturated rings. The van der Waals surface area contributed by atoms with Crippen molar-refractivity contribution in [2.75, 3.05) is 25.1 Å². The first-order valence-electron chi connectivity index (χ1n) is 6.50. The zero-order valence-electron chi connectivity index (χ0n) is 10.9. The van der Waals surface area contributed by atoms with Gasteiger partial charge in [0.15, 0.2) is 5.65 Å². The van der Waals surface area contributed by atoms with Crippen molar-refractivity contribution in [1.82, 2.24) is 19.6 Å². The van der Waals surface area contributed by atoms with Crippen LogP contribution in [0, 0.1) is 0 Å². The topological polar surface area (TPSA) is 75.5 Å². The molecule has 1 N–H and O–H groups in total. The van der Waals surface area contributed by atoms with E-state index in [2.05, 4.69) is 20.1 Å². The van der Waals surface area contributed by atoms with E-state index in [0.29, 0.717) is 18.2 Å². The quantitative estimate of drug-likeness (QED) is 0.875. The summed E-state index contributed by atoms with van der Waals surface area (Å²) in [5.74, 6) is 0.669. The number of aromatic amines is 1. The Morgan fingerprint density at radius 1 is 1.37 bits per heavy atom. The van der Waals surface area contributed by atoms with Gasteiger partial charge >= 0.3 is 5.69 Å². The summed E-state index contributed by atoms with van der Waals surface area (Å²) >= 11 is 0. The van der Waals surface area contributed by atoms with Gasteiger partial charge in [0.2, 0.25) is 5.95 Å². The van der Waals surface area contributed by atoms with E-state index in [4.69, 9.17) is 4.74 Å². The standard InChI is InChI=1S/C12H17N5O2/c1-19-8-9-7-10-14-15-12(18)17(10)11(13-9)16-5-3-2-4-6-16/h7H,2-6,8H2,1H3,(H,15,18). The summed E-state index contributed by atoms with van der Waals surface area (Å²) in [7, 11) is 1.63. The molecule has 0 aliphatic carbocycles. The smallest absolute Gasteiger partial charge is 0.350 e. The number of fused-ring (bicyclic) bond motifs is 1. The lowest BCUT2D eigenvalue weighted by atomic mass is 10.1. The van der Waals surface area contributed by atoms with Crippen LogP contribution in [0.25, 0.3) is 5.65 Å². The molecule has 7 nitrogen and oxygen atoms in total. The number of methoxy groups -OCH3 is 1. The lowest BCUT2D eigenvalue weighted by molar-refractivity contribution is 0.181. The molecule has 3 rings (SSSR count). The number of piperidine rings is 1. The third kappa shape index (κ3) is 2.21. The van der Waals surface area contributed by atoms with Gasteiger partial charge in [0.05, 0.1) is 12.3 Å². The number of hydrogen-bond donors (Lipinski definition) is 1. The van der Waals surface area contributed by atoms with Crippen LogP contribution in [0.5, 0.6) is 0 Å². The average molecular weight is 263 g/mol. The summed E-state index contributed by atoms with van der Waals surface area (Å²) in [5.41, 5.74) is 1.13. The average Bonchev–Trinajstić information content (AvgIpc) is 2.81. The molecule has 0 atom stereocenters. The predicted octanol–water partition coefficient (Wildman–Crippen LogP) is 0.554. The van der Waals surface area contributed by atoms with Gasteiger partial charge in [-0.2, -0.15) is 5.10 Å². The molecule has 0 saturated carbocycles. The molecular weight excluding hydrogens is 246 g/mol. The lowest BCUT2D eigenvalue weighted by Gasteiger charge is -2.27. The van der Waals surface area contributed by atoms with Crippen molar-refractivity contribution < 1.29 is 4.74 Å². The van der Waals surface area contributed by atoms with Crippen LogP contribution in [0.1, 0.15) is 25.0 Å². The monoisotopic (exact) mass is 263 g/mol. The third-order valence-corrected chi connectivity index (χ3v) is 3.37. The van der Waals surface area contributed by atoms with E-state index in [1.807, 2.05) is 0 Å². The zero-order valence-corrected chi connectivity index (χ0v) is 10.9. The number of rotatable bonds is 3. The van der Waals surface area contributed by atoms with Gasteiger partial charge in [0.25, 0.3) is 0 Å². The Morgan fingerprint density at radius 3 is 2.89 bits per heavy atom.